The lowest BCUT2D eigenvalue weighted by atomic mass is 9.84. The van der Waals surface area contributed by atoms with Crippen molar-refractivity contribution in [1.29, 1.82) is 0 Å². The molecule has 0 radical (unpaired) electrons. The number of rotatable bonds is 16. The largest absolute Gasteiger partial charge is 0.444 e. The van der Waals surface area contributed by atoms with Gasteiger partial charge in [0.15, 0.2) is 0 Å². The number of azide groups is 1. The zero-order chi connectivity index (χ0) is 39.1. The Hall–Kier alpha value is -4.77. The van der Waals surface area contributed by atoms with E-state index in [1.807, 2.05) is 0 Å². The van der Waals surface area contributed by atoms with Crippen LogP contribution in [0.5, 0.6) is 0 Å². The maximum absolute atomic E-state index is 15.5. The maximum atomic E-state index is 15.5. The summed E-state index contributed by atoms with van der Waals surface area (Å²) in [5, 5.41) is 15.6. The average Bonchev–Trinajstić information content (AvgIpc) is 3.90. The molecule has 0 bridgehead atoms. The molecule has 1 unspecified atom stereocenters. The molecular formula is C35H41F4N7O6S. The molecule has 2 aromatic carbocycles. The fraction of sp³-hybridized carbons (Fsp3) is 0.457. The molecule has 1 heterocycles. The summed E-state index contributed by atoms with van der Waals surface area (Å²) in [4.78, 5) is 34.7. The molecule has 286 valence electrons. The van der Waals surface area contributed by atoms with Crippen LogP contribution in [0, 0.1) is 23.3 Å². The second-order valence-corrected chi connectivity index (χ2v) is 15.8. The fourth-order valence-electron chi connectivity index (χ4n) is 5.69. The Morgan fingerprint density at radius 2 is 1.68 bits per heavy atom. The number of carbonyl (C=O) groups excluding carboxylic acids is 2. The predicted molar refractivity (Wildman–Crippen MR) is 187 cm³/mol. The second kappa shape index (κ2) is 17.4. The summed E-state index contributed by atoms with van der Waals surface area (Å²) >= 11 is 0. The van der Waals surface area contributed by atoms with Gasteiger partial charge in [0.25, 0.3) is 0 Å². The van der Waals surface area contributed by atoms with E-state index in [1.54, 1.807) is 20.8 Å². The number of carbonyl (C=O) groups is 2. The van der Waals surface area contributed by atoms with Crippen molar-refractivity contribution < 1.29 is 45.4 Å². The number of ether oxygens (including phenoxy) is 1. The molecular weight excluding hydrogens is 722 g/mol. The van der Waals surface area contributed by atoms with Crippen LogP contribution >= 0.6 is 0 Å². The smallest absolute Gasteiger partial charge is 0.410 e. The third kappa shape index (κ3) is 11.9. The van der Waals surface area contributed by atoms with Crippen molar-refractivity contribution in [2.24, 2.45) is 5.11 Å². The predicted octanol–water partition coefficient (Wildman–Crippen LogP) is 6.09. The molecule has 4 atom stereocenters. The zero-order valence-electron chi connectivity index (χ0n) is 29.5. The third-order valence-corrected chi connectivity index (χ3v) is 10.1. The van der Waals surface area contributed by atoms with Crippen LogP contribution in [-0.2, 0) is 26.0 Å². The Kier molecular flexibility index (Phi) is 13.4. The van der Waals surface area contributed by atoms with Gasteiger partial charge in [0.1, 0.15) is 34.9 Å². The number of nitrogens with one attached hydrogen (secondary N) is 2. The molecule has 0 saturated heterocycles. The van der Waals surface area contributed by atoms with Crippen LogP contribution in [0.3, 0.4) is 0 Å². The highest BCUT2D eigenvalue weighted by Gasteiger charge is 2.38. The molecule has 1 saturated carbocycles. The van der Waals surface area contributed by atoms with Crippen LogP contribution in [-0.4, -0.2) is 77.5 Å². The Morgan fingerprint density at radius 3 is 2.25 bits per heavy atom. The van der Waals surface area contributed by atoms with Crippen LogP contribution in [0.25, 0.3) is 10.4 Å². The van der Waals surface area contributed by atoms with Gasteiger partial charge in [-0.05, 0) is 94.3 Å². The number of anilines is 1. The molecule has 0 aliphatic heterocycles. The van der Waals surface area contributed by atoms with Gasteiger partial charge >= 0.3 is 6.09 Å². The highest BCUT2D eigenvalue weighted by molar-refractivity contribution is 7.90. The second-order valence-electron chi connectivity index (χ2n) is 13.9. The summed E-state index contributed by atoms with van der Waals surface area (Å²) in [6.07, 6.45) is 0.710. The molecule has 1 fully saturated rings. The van der Waals surface area contributed by atoms with Gasteiger partial charge in [-0.1, -0.05) is 17.2 Å². The van der Waals surface area contributed by atoms with Gasteiger partial charge < -0.3 is 20.1 Å². The molecule has 1 aliphatic carbocycles. The van der Waals surface area contributed by atoms with E-state index in [1.165, 1.54) is 19.1 Å². The summed E-state index contributed by atoms with van der Waals surface area (Å²) in [6, 6.07) is 4.33. The highest BCUT2D eigenvalue weighted by atomic mass is 32.2. The molecule has 1 aliphatic rings. The van der Waals surface area contributed by atoms with Crippen molar-refractivity contribution in [3.8, 4) is 0 Å². The van der Waals surface area contributed by atoms with Crippen LogP contribution in [0.15, 0.2) is 60.0 Å². The summed E-state index contributed by atoms with van der Waals surface area (Å²) in [5.74, 6) is -5.88. The lowest BCUT2D eigenvalue weighted by Crippen LogP contribution is -2.49. The van der Waals surface area contributed by atoms with E-state index >= 15 is 4.39 Å². The van der Waals surface area contributed by atoms with Crippen LogP contribution < -0.4 is 10.0 Å². The van der Waals surface area contributed by atoms with Gasteiger partial charge in [0, 0.05) is 41.6 Å². The van der Waals surface area contributed by atoms with Crippen molar-refractivity contribution in [2.45, 2.75) is 88.3 Å². The zero-order valence-corrected chi connectivity index (χ0v) is 30.3. The Balaban J connectivity index is 1.66. The van der Waals surface area contributed by atoms with E-state index in [0.29, 0.717) is 18.9 Å². The Bertz CT molecular complexity index is 1920. The standard InChI is InChI=1S/C35H41F4N7O6S/c1-20(47)18-46(34(49)52-35(2,3)4)19-26(44-53(50,51)27-10-11-27)9-12-28-29(39)16-41-17-30(28)42-33(48)32(43-45-40)31(21-5-7-23(36)8-6-21)22-13-24(37)15-25(38)14-22/h5-8,13-17,20,26-27,31-32,44,47H,9-12,18-19H2,1-4H3,(H,42,48)/t20-,26-,31-,32?/m0/s1. The minimum atomic E-state index is -3.84. The average molecular weight is 764 g/mol. The fourth-order valence-corrected chi connectivity index (χ4v) is 7.29. The number of hydrogen-bond acceptors (Lipinski definition) is 8. The number of amides is 2. The number of benzene rings is 2. The first-order chi connectivity index (χ1) is 24.9. The quantitative estimate of drug-likeness (QED) is 0.0682. The van der Waals surface area contributed by atoms with Crippen molar-refractivity contribution in [1.82, 2.24) is 14.6 Å². The van der Waals surface area contributed by atoms with E-state index in [2.05, 4.69) is 25.0 Å². The molecule has 18 heteroatoms. The van der Waals surface area contributed by atoms with Crippen LogP contribution in [0.1, 0.15) is 69.6 Å². The van der Waals surface area contributed by atoms with Gasteiger partial charge in [0.05, 0.1) is 29.4 Å². The minimum absolute atomic E-state index is 0.114. The summed E-state index contributed by atoms with van der Waals surface area (Å²) < 4.78 is 92.3. The van der Waals surface area contributed by atoms with Gasteiger partial charge in [0.2, 0.25) is 15.9 Å². The van der Waals surface area contributed by atoms with Crippen molar-refractivity contribution in [3.05, 3.63) is 105 Å². The van der Waals surface area contributed by atoms with E-state index < -0.39 is 80.2 Å². The molecule has 1 aromatic heterocycles. The number of nitrogens with zero attached hydrogens (tertiary/aromatic N) is 5. The summed E-state index contributed by atoms with van der Waals surface area (Å²) in [6.45, 7) is 5.91. The van der Waals surface area contributed by atoms with Crippen LogP contribution in [0.2, 0.25) is 0 Å². The number of sulfonamides is 1. The monoisotopic (exact) mass is 763 g/mol. The van der Waals surface area contributed by atoms with Crippen molar-refractivity contribution in [3.63, 3.8) is 0 Å². The molecule has 4 rings (SSSR count). The lowest BCUT2D eigenvalue weighted by molar-refractivity contribution is -0.117. The van der Waals surface area contributed by atoms with Crippen molar-refractivity contribution >= 4 is 27.7 Å². The SMILES string of the molecule is C[C@H](O)CN(C[C@H](CCc1c(F)cncc1NC(=O)C(N=[N+]=[N-])[C@@H](c1ccc(F)cc1)c1cc(F)cc(F)c1)NS(=O)(=O)C1CC1)C(=O)OC(C)(C)C. The summed E-state index contributed by atoms with van der Waals surface area (Å²) in [5.41, 5.74) is 8.28. The number of aromatic nitrogens is 1. The first kappa shape index (κ1) is 41.0. The number of hydrogen-bond donors (Lipinski definition) is 3. The summed E-state index contributed by atoms with van der Waals surface area (Å²) in [7, 11) is -3.84. The highest BCUT2D eigenvalue weighted by Crippen LogP contribution is 2.33. The van der Waals surface area contributed by atoms with E-state index in [0.717, 1.165) is 41.6 Å². The third-order valence-electron chi connectivity index (χ3n) is 8.11. The number of pyridine rings is 1. The van der Waals surface area contributed by atoms with E-state index in [-0.39, 0.29) is 48.3 Å². The van der Waals surface area contributed by atoms with E-state index in [4.69, 9.17) is 4.74 Å². The van der Waals surface area contributed by atoms with Gasteiger partial charge in [-0.15, -0.1) is 0 Å². The van der Waals surface area contributed by atoms with Crippen molar-refractivity contribution in [2.75, 3.05) is 18.4 Å². The first-order valence-corrected chi connectivity index (χ1v) is 18.3. The normalized spacial score (nSPS) is 15.4. The van der Waals surface area contributed by atoms with Crippen LogP contribution in [0.4, 0.5) is 28.0 Å². The number of aliphatic hydroxyl groups excluding tert-OH is 1. The molecule has 0 spiro atoms. The Morgan fingerprint density at radius 1 is 1.04 bits per heavy atom. The molecule has 3 aromatic rings. The molecule has 13 nitrogen and oxygen atoms in total. The topological polar surface area (TPSA) is 187 Å². The lowest BCUT2D eigenvalue weighted by Gasteiger charge is -2.31. The molecule has 53 heavy (non-hydrogen) atoms. The molecule has 2 amide bonds. The first-order valence-electron chi connectivity index (χ1n) is 16.7. The number of halogens is 4. The Labute approximate surface area is 304 Å². The van der Waals surface area contributed by atoms with Gasteiger partial charge in [-0.3, -0.25) is 9.78 Å². The number of aliphatic hydroxyl groups is 1. The minimum Gasteiger partial charge on any atom is -0.444 e. The van der Waals surface area contributed by atoms with Gasteiger partial charge in [-0.2, -0.15) is 0 Å². The van der Waals surface area contributed by atoms with E-state index in [9.17, 15) is 41.8 Å². The van der Waals surface area contributed by atoms with Gasteiger partial charge in [-0.25, -0.2) is 35.5 Å². The maximum Gasteiger partial charge on any atom is 0.410 e. The molecule has 3 N–H and O–H groups in total.